The molecule has 1 unspecified atom stereocenters. The van der Waals surface area contributed by atoms with Crippen LogP contribution in [0.15, 0.2) is 23.1 Å². The molecule has 1 atom stereocenters. The summed E-state index contributed by atoms with van der Waals surface area (Å²) in [5.74, 6) is 0.147. The summed E-state index contributed by atoms with van der Waals surface area (Å²) in [5, 5.41) is 3.18. The third-order valence-corrected chi connectivity index (χ3v) is 4.48. The molecule has 3 N–H and O–H groups in total. The predicted molar refractivity (Wildman–Crippen MR) is 59.5 cm³/mol. The van der Waals surface area contributed by atoms with Crippen LogP contribution in [0.4, 0.5) is 5.69 Å². The van der Waals surface area contributed by atoms with Crippen LogP contribution in [0.25, 0.3) is 0 Å². The fourth-order valence-electron chi connectivity index (χ4n) is 1.88. The van der Waals surface area contributed by atoms with E-state index in [1.165, 1.54) is 0 Å². The number of benzene rings is 1. The first-order chi connectivity index (χ1) is 7.04. The Kier molecular flexibility index (Phi) is 2.44. The van der Waals surface area contributed by atoms with Crippen molar-refractivity contribution in [2.24, 2.45) is 5.73 Å². The van der Waals surface area contributed by atoms with Gasteiger partial charge in [0.2, 0.25) is 0 Å². The van der Waals surface area contributed by atoms with Crippen molar-refractivity contribution in [2.45, 2.75) is 24.4 Å². The van der Waals surface area contributed by atoms with Crippen molar-refractivity contribution >= 4 is 15.5 Å². The molecule has 4 nitrogen and oxygen atoms in total. The maximum atomic E-state index is 11.9. The lowest BCUT2D eigenvalue weighted by Crippen LogP contribution is -2.32. The molecular formula is C10H14N2O2S. The number of nitrogens with two attached hydrogens (primary N) is 1. The van der Waals surface area contributed by atoms with E-state index in [1.807, 2.05) is 13.0 Å². The van der Waals surface area contributed by atoms with Crippen LogP contribution in [0.1, 0.15) is 12.5 Å². The Morgan fingerprint density at radius 1 is 1.53 bits per heavy atom. The van der Waals surface area contributed by atoms with Gasteiger partial charge >= 0.3 is 0 Å². The van der Waals surface area contributed by atoms with E-state index in [0.29, 0.717) is 17.1 Å². The summed E-state index contributed by atoms with van der Waals surface area (Å²) in [5.41, 5.74) is 7.10. The number of fused-ring (bicyclic) bond motifs is 1. The molecule has 0 fully saturated rings. The standard InChI is InChI=1S/C10H14N2O2S/c1-7-6-15(13,14)9-4-2-3-8(5-11)10(9)12-7/h2-4,7,12H,5-6,11H2,1H3. The number of anilines is 1. The smallest absolute Gasteiger partial charge is 0.182 e. The van der Waals surface area contributed by atoms with Crippen LogP contribution < -0.4 is 11.1 Å². The number of hydrogen-bond acceptors (Lipinski definition) is 4. The molecule has 0 bridgehead atoms. The molecule has 0 aliphatic carbocycles. The first kappa shape index (κ1) is 10.4. The van der Waals surface area contributed by atoms with Crippen molar-refractivity contribution in [3.8, 4) is 0 Å². The Morgan fingerprint density at radius 3 is 2.93 bits per heavy atom. The van der Waals surface area contributed by atoms with Gasteiger partial charge in [-0.15, -0.1) is 0 Å². The highest BCUT2D eigenvalue weighted by atomic mass is 32.2. The number of hydrogen-bond donors (Lipinski definition) is 2. The highest BCUT2D eigenvalue weighted by Gasteiger charge is 2.28. The average molecular weight is 226 g/mol. The van der Waals surface area contributed by atoms with Gasteiger partial charge in [-0.05, 0) is 18.6 Å². The molecule has 15 heavy (non-hydrogen) atoms. The van der Waals surface area contributed by atoms with Gasteiger partial charge in [-0.3, -0.25) is 0 Å². The minimum Gasteiger partial charge on any atom is -0.380 e. The normalized spacial score (nSPS) is 22.9. The fraction of sp³-hybridized carbons (Fsp3) is 0.400. The van der Waals surface area contributed by atoms with Crippen LogP contribution in [0.5, 0.6) is 0 Å². The Balaban J connectivity index is 2.66. The number of rotatable bonds is 1. The highest BCUT2D eigenvalue weighted by molar-refractivity contribution is 7.91. The molecule has 0 amide bonds. The van der Waals surface area contributed by atoms with Crippen molar-refractivity contribution in [3.63, 3.8) is 0 Å². The molecule has 2 rings (SSSR count). The van der Waals surface area contributed by atoms with Crippen molar-refractivity contribution in [3.05, 3.63) is 23.8 Å². The van der Waals surface area contributed by atoms with E-state index >= 15 is 0 Å². The maximum Gasteiger partial charge on any atom is 0.182 e. The fourth-order valence-corrected chi connectivity index (χ4v) is 3.58. The minimum absolute atomic E-state index is 0.0600. The zero-order valence-electron chi connectivity index (χ0n) is 8.53. The molecule has 0 aromatic heterocycles. The van der Waals surface area contributed by atoms with Crippen molar-refractivity contribution in [1.82, 2.24) is 0 Å². The largest absolute Gasteiger partial charge is 0.380 e. The lowest BCUT2D eigenvalue weighted by Gasteiger charge is -2.26. The minimum atomic E-state index is -3.14. The van der Waals surface area contributed by atoms with Gasteiger partial charge in [0, 0.05) is 12.6 Å². The van der Waals surface area contributed by atoms with E-state index in [1.54, 1.807) is 12.1 Å². The second-order valence-electron chi connectivity index (χ2n) is 3.82. The molecular weight excluding hydrogens is 212 g/mol. The van der Waals surface area contributed by atoms with Crippen LogP contribution in [0.2, 0.25) is 0 Å². The molecule has 0 spiro atoms. The quantitative estimate of drug-likeness (QED) is 0.740. The van der Waals surface area contributed by atoms with Crippen LogP contribution >= 0.6 is 0 Å². The van der Waals surface area contributed by atoms with E-state index < -0.39 is 9.84 Å². The summed E-state index contributed by atoms with van der Waals surface area (Å²) in [6.07, 6.45) is 0. The van der Waals surface area contributed by atoms with Crippen molar-refractivity contribution in [2.75, 3.05) is 11.1 Å². The molecule has 1 aliphatic heterocycles. The van der Waals surface area contributed by atoms with E-state index in [2.05, 4.69) is 5.32 Å². The molecule has 0 radical (unpaired) electrons. The van der Waals surface area contributed by atoms with Crippen molar-refractivity contribution in [1.29, 1.82) is 0 Å². The summed E-state index contributed by atoms with van der Waals surface area (Å²) >= 11 is 0. The number of sulfone groups is 1. The summed E-state index contributed by atoms with van der Waals surface area (Å²) < 4.78 is 23.7. The summed E-state index contributed by atoms with van der Waals surface area (Å²) in [6, 6.07) is 5.15. The third-order valence-electron chi connectivity index (χ3n) is 2.53. The van der Waals surface area contributed by atoms with Gasteiger partial charge in [0.1, 0.15) is 0 Å². The second-order valence-corrected chi connectivity index (χ2v) is 5.82. The third kappa shape index (κ3) is 1.72. The number of nitrogens with one attached hydrogen (secondary N) is 1. The van der Waals surface area contributed by atoms with Crippen LogP contribution in [0.3, 0.4) is 0 Å². The van der Waals surface area contributed by atoms with Gasteiger partial charge in [0.25, 0.3) is 0 Å². The van der Waals surface area contributed by atoms with Crippen LogP contribution in [-0.2, 0) is 16.4 Å². The first-order valence-electron chi connectivity index (χ1n) is 4.86. The molecule has 1 heterocycles. The predicted octanol–water partition coefficient (Wildman–Crippen LogP) is 0.733. The Bertz CT molecular complexity index is 482. The zero-order valence-corrected chi connectivity index (χ0v) is 9.34. The topological polar surface area (TPSA) is 72.2 Å². The molecule has 1 aliphatic rings. The van der Waals surface area contributed by atoms with Gasteiger partial charge in [-0.1, -0.05) is 12.1 Å². The summed E-state index contributed by atoms with van der Waals surface area (Å²) in [4.78, 5) is 0.378. The lowest BCUT2D eigenvalue weighted by atomic mass is 10.1. The van der Waals surface area contributed by atoms with E-state index in [4.69, 9.17) is 5.73 Å². The second kappa shape index (κ2) is 3.50. The summed E-state index contributed by atoms with van der Waals surface area (Å²) in [6.45, 7) is 2.20. The van der Waals surface area contributed by atoms with E-state index in [9.17, 15) is 8.42 Å². The molecule has 0 saturated heterocycles. The Hall–Kier alpha value is -1.07. The molecule has 1 aromatic rings. The van der Waals surface area contributed by atoms with Crippen LogP contribution in [-0.4, -0.2) is 20.2 Å². The van der Waals surface area contributed by atoms with Gasteiger partial charge < -0.3 is 11.1 Å². The highest BCUT2D eigenvalue weighted by Crippen LogP contribution is 2.31. The molecule has 82 valence electrons. The Morgan fingerprint density at radius 2 is 2.27 bits per heavy atom. The number of para-hydroxylation sites is 1. The molecule has 5 heteroatoms. The van der Waals surface area contributed by atoms with Crippen molar-refractivity contribution < 1.29 is 8.42 Å². The van der Waals surface area contributed by atoms with E-state index in [-0.39, 0.29) is 11.8 Å². The summed E-state index contributed by atoms with van der Waals surface area (Å²) in [7, 11) is -3.14. The van der Waals surface area contributed by atoms with E-state index in [0.717, 1.165) is 5.56 Å². The zero-order chi connectivity index (χ0) is 11.1. The molecule has 0 saturated carbocycles. The molecule has 1 aromatic carbocycles. The van der Waals surface area contributed by atoms with Crippen LogP contribution in [0, 0.1) is 0 Å². The van der Waals surface area contributed by atoms with Gasteiger partial charge in [0.15, 0.2) is 9.84 Å². The SMILES string of the molecule is CC1CS(=O)(=O)c2cccc(CN)c2N1. The average Bonchev–Trinajstić information content (AvgIpc) is 2.15. The first-order valence-corrected chi connectivity index (χ1v) is 6.51. The lowest BCUT2D eigenvalue weighted by molar-refractivity contribution is 0.588. The van der Waals surface area contributed by atoms with Gasteiger partial charge in [0.05, 0.1) is 16.3 Å². The Labute approximate surface area is 89.4 Å². The maximum absolute atomic E-state index is 11.9. The van der Waals surface area contributed by atoms with Gasteiger partial charge in [-0.25, -0.2) is 8.42 Å². The van der Waals surface area contributed by atoms with Gasteiger partial charge in [-0.2, -0.15) is 0 Å². The monoisotopic (exact) mass is 226 g/mol.